The molecule has 5 N–H and O–H groups in total. The molecular formula is C26H30N4O5. The summed E-state index contributed by atoms with van der Waals surface area (Å²) < 4.78 is 0. The largest absolute Gasteiger partial charge is 0.494 e. The first-order valence-electron chi connectivity index (χ1n) is 11.3. The van der Waals surface area contributed by atoms with Crippen molar-refractivity contribution >= 4 is 17.6 Å². The van der Waals surface area contributed by atoms with E-state index in [1.807, 2.05) is 31.2 Å². The maximum Gasteiger partial charge on any atom is 0.270 e. The Balaban J connectivity index is 1.81. The summed E-state index contributed by atoms with van der Waals surface area (Å²) in [6, 6.07) is 10.8. The van der Waals surface area contributed by atoms with Crippen LogP contribution in [0.4, 0.5) is 0 Å². The van der Waals surface area contributed by atoms with Crippen molar-refractivity contribution in [3.63, 3.8) is 0 Å². The minimum Gasteiger partial charge on any atom is -0.494 e. The first-order chi connectivity index (χ1) is 16.6. The van der Waals surface area contributed by atoms with Crippen molar-refractivity contribution in [3.8, 4) is 11.8 Å². The molecule has 35 heavy (non-hydrogen) atoms. The number of aromatic nitrogens is 2. The fourth-order valence-corrected chi connectivity index (χ4v) is 3.75. The standard InChI is InChI=1S/C26H30N4O5/c1-14(2)22(23(32)21-16(4)24(33)30-26(21)35)29-20(31)13-19(17-10-8-15(3)9-11-17)28-25(34)18-7-5-6-12-27-18/h5-12,14,19,22,30,33,35H,13H2,1-4H3,(H,28,34)(H,29,31)/t19?,22-/m1/s1. The van der Waals surface area contributed by atoms with Gasteiger partial charge in [-0.2, -0.15) is 0 Å². The predicted molar refractivity (Wildman–Crippen MR) is 130 cm³/mol. The summed E-state index contributed by atoms with van der Waals surface area (Å²) in [5.41, 5.74) is 2.11. The van der Waals surface area contributed by atoms with Crippen LogP contribution in [-0.2, 0) is 4.79 Å². The molecule has 0 radical (unpaired) electrons. The van der Waals surface area contributed by atoms with Gasteiger partial charge in [0, 0.05) is 11.8 Å². The minimum atomic E-state index is -0.951. The molecule has 0 bridgehead atoms. The highest BCUT2D eigenvalue weighted by Gasteiger charge is 2.31. The number of Topliss-reactive ketones (excluding diaryl/α,β-unsaturated/α-hetero) is 1. The third-order valence-corrected chi connectivity index (χ3v) is 5.79. The van der Waals surface area contributed by atoms with Crippen LogP contribution < -0.4 is 10.6 Å². The molecule has 2 heterocycles. The summed E-state index contributed by atoms with van der Waals surface area (Å²) in [6.45, 7) is 6.97. The monoisotopic (exact) mass is 478 g/mol. The fraction of sp³-hybridized carbons (Fsp3) is 0.308. The molecule has 1 unspecified atom stereocenters. The van der Waals surface area contributed by atoms with Gasteiger partial charge in [0.25, 0.3) is 5.91 Å². The average Bonchev–Trinajstić information content (AvgIpc) is 3.08. The van der Waals surface area contributed by atoms with E-state index < -0.39 is 35.6 Å². The number of carbonyl (C=O) groups excluding carboxylic acids is 3. The number of hydrogen-bond donors (Lipinski definition) is 5. The second kappa shape index (κ2) is 10.9. The fourth-order valence-electron chi connectivity index (χ4n) is 3.75. The molecule has 2 amide bonds. The van der Waals surface area contributed by atoms with Crippen LogP contribution in [0.15, 0.2) is 48.7 Å². The number of hydrogen-bond acceptors (Lipinski definition) is 6. The molecule has 2 aromatic heterocycles. The Hall–Kier alpha value is -4.14. The predicted octanol–water partition coefficient (Wildman–Crippen LogP) is 3.32. The van der Waals surface area contributed by atoms with Crippen molar-refractivity contribution in [1.29, 1.82) is 0 Å². The summed E-state index contributed by atoms with van der Waals surface area (Å²) in [4.78, 5) is 45.4. The topological polar surface area (TPSA) is 144 Å². The van der Waals surface area contributed by atoms with Crippen LogP contribution >= 0.6 is 0 Å². The molecule has 3 aromatic rings. The first-order valence-corrected chi connectivity index (χ1v) is 11.3. The van der Waals surface area contributed by atoms with Gasteiger partial charge in [0.05, 0.1) is 24.1 Å². The number of pyridine rings is 1. The van der Waals surface area contributed by atoms with E-state index in [2.05, 4.69) is 20.6 Å². The summed E-state index contributed by atoms with van der Waals surface area (Å²) >= 11 is 0. The normalized spacial score (nSPS) is 12.7. The average molecular weight is 479 g/mol. The zero-order chi connectivity index (χ0) is 25.7. The zero-order valence-corrected chi connectivity index (χ0v) is 20.1. The lowest BCUT2D eigenvalue weighted by Gasteiger charge is -2.24. The Morgan fingerprint density at radius 2 is 1.66 bits per heavy atom. The van der Waals surface area contributed by atoms with E-state index >= 15 is 0 Å². The lowest BCUT2D eigenvalue weighted by atomic mass is 9.93. The number of aromatic hydroxyl groups is 2. The lowest BCUT2D eigenvalue weighted by Crippen LogP contribution is -2.45. The van der Waals surface area contributed by atoms with Gasteiger partial charge in [0.1, 0.15) is 5.69 Å². The van der Waals surface area contributed by atoms with Crippen molar-refractivity contribution in [1.82, 2.24) is 20.6 Å². The van der Waals surface area contributed by atoms with Crippen LogP contribution in [-0.4, -0.2) is 43.8 Å². The second-order valence-corrected chi connectivity index (χ2v) is 8.83. The molecule has 0 saturated carbocycles. The number of aromatic amines is 1. The van der Waals surface area contributed by atoms with Gasteiger partial charge in [-0.05, 0) is 37.5 Å². The second-order valence-electron chi connectivity index (χ2n) is 8.83. The van der Waals surface area contributed by atoms with Gasteiger partial charge in [-0.3, -0.25) is 24.4 Å². The molecule has 1 aromatic carbocycles. The molecular weight excluding hydrogens is 448 g/mol. The molecule has 0 fully saturated rings. The van der Waals surface area contributed by atoms with Crippen LogP contribution in [0.2, 0.25) is 0 Å². The number of aryl methyl sites for hydroxylation is 1. The van der Waals surface area contributed by atoms with E-state index in [1.165, 1.54) is 13.1 Å². The zero-order valence-electron chi connectivity index (χ0n) is 20.1. The van der Waals surface area contributed by atoms with Crippen molar-refractivity contribution in [2.24, 2.45) is 5.92 Å². The third-order valence-electron chi connectivity index (χ3n) is 5.79. The van der Waals surface area contributed by atoms with Gasteiger partial charge in [-0.1, -0.05) is 49.7 Å². The Morgan fingerprint density at radius 1 is 0.971 bits per heavy atom. The number of amides is 2. The van der Waals surface area contributed by atoms with Crippen molar-refractivity contribution in [3.05, 3.63) is 76.6 Å². The first kappa shape index (κ1) is 25.5. The van der Waals surface area contributed by atoms with Gasteiger partial charge in [-0.25, -0.2) is 0 Å². The van der Waals surface area contributed by atoms with Crippen molar-refractivity contribution < 1.29 is 24.6 Å². The van der Waals surface area contributed by atoms with Crippen LogP contribution in [0.25, 0.3) is 0 Å². The number of rotatable bonds is 9. The number of H-pyrrole nitrogens is 1. The van der Waals surface area contributed by atoms with E-state index in [9.17, 15) is 24.6 Å². The Morgan fingerprint density at radius 3 is 2.20 bits per heavy atom. The van der Waals surface area contributed by atoms with Crippen molar-refractivity contribution in [2.45, 2.75) is 46.2 Å². The maximum atomic E-state index is 13.1. The van der Waals surface area contributed by atoms with Crippen LogP contribution in [0.3, 0.4) is 0 Å². The quantitative estimate of drug-likeness (QED) is 0.298. The number of nitrogens with one attached hydrogen (secondary N) is 3. The van der Waals surface area contributed by atoms with Crippen LogP contribution in [0, 0.1) is 19.8 Å². The van der Waals surface area contributed by atoms with Crippen LogP contribution in [0.5, 0.6) is 11.8 Å². The Kier molecular flexibility index (Phi) is 7.91. The van der Waals surface area contributed by atoms with E-state index in [0.717, 1.165) is 11.1 Å². The van der Waals surface area contributed by atoms with Gasteiger partial charge >= 0.3 is 0 Å². The van der Waals surface area contributed by atoms with Gasteiger partial charge in [0.2, 0.25) is 11.8 Å². The molecule has 184 valence electrons. The number of nitrogens with zero attached hydrogens (tertiary/aromatic N) is 1. The number of benzene rings is 1. The lowest BCUT2D eigenvalue weighted by molar-refractivity contribution is -0.122. The van der Waals surface area contributed by atoms with Crippen molar-refractivity contribution in [2.75, 3.05) is 0 Å². The molecule has 0 saturated heterocycles. The van der Waals surface area contributed by atoms with E-state index in [1.54, 1.807) is 32.0 Å². The molecule has 0 aliphatic rings. The van der Waals surface area contributed by atoms with Gasteiger partial charge in [-0.15, -0.1) is 0 Å². The molecule has 9 nitrogen and oxygen atoms in total. The summed E-state index contributed by atoms with van der Waals surface area (Å²) in [7, 11) is 0. The van der Waals surface area contributed by atoms with Gasteiger partial charge in [0.15, 0.2) is 11.7 Å². The highest BCUT2D eigenvalue weighted by molar-refractivity contribution is 6.05. The minimum absolute atomic E-state index is 0.0694. The van der Waals surface area contributed by atoms with Crippen LogP contribution in [0.1, 0.15) is 63.8 Å². The highest BCUT2D eigenvalue weighted by atomic mass is 16.3. The molecule has 0 spiro atoms. The third kappa shape index (κ3) is 6.06. The smallest absolute Gasteiger partial charge is 0.270 e. The molecule has 3 rings (SSSR count). The van der Waals surface area contributed by atoms with E-state index in [-0.39, 0.29) is 35.0 Å². The maximum absolute atomic E-state index is 13.1. The van der Waals surface area contributed by atoms with E-state index in [4.69, 9.17) is 0 Å². The SMILES string of the molecule is Cc1ccc(C(CC(=O)N[C@@H](C(=O)c2c(O)[nH]c(O)c2C)C(C)C)NC(=O)c2ccccn2)cc1. The Labute approximate surface area is 203 Å². The van der Waals surface area contributed by atoms with E-state index in [0.29, 0.717) is 0 Å². The summed E-state index contributed by atoms with van der Waals surface area (Å²) in [5.74, 6) is -2.47. The molecule has 0 aliphatic carbocycles. The van der Waals surface area contributed by atoms with Gasteiger partial charge < -0.3 is 20.8 Å². The number of carbonyl (C=O) groups is 3. The summed E-state index contributed by atoms with van der Waals surface area (Å²) in [5, 5.41) is 25.5. The number of ketones is 1. The molecule has 0 aliphatic heterocycles. The summed E-state index contributed by atoms with van der Waals surface area (Å²) in [6.07, 6.45) is 1.39. The Bertz CT molecular complexity index is 1200. The molecule has 2 atom stereocenters. The highest BCUT2D eigenvalue weighted by Crippen LogP contribution is 2.30. The molecule has 9 heteroatoms.